The van der Waals surface area contributed by atoms with Crippen LogP contribution in [0.15, 0.2) is 24.3 Å². The second kappa shape index (κ2) is 9.35. The molecule has 7 nitrogen and oxygen atoms in total. The third-order valence-corrected chi connectivity index (χ3v) is 7.55. The highest BCUT2D eigenvalue weighted by Gasteiger charge is 2.33. The van der Waals surface area contributed by atoms with Gasteiger partial charge >= 0.3 is 0 Å². The van der Waals surface area contributed by atoms with Crippen LogP contribution in [0.25, 0.3) is 5.69 Å². The van der Waals surface area contributed by atoms with E-state index >= 15 is 0 Å². The summed E-state index contributed by atoms with van der Waals surface area (Å²) >= 11 is 0. The number of hydrogen-bond acceptors (Lipinski definition) is 4. The Kier molecular flexibility index (Phi) is 6.28. The largest absolute Gasteiger partial charge is 0.486 e. The number of aryl methyl sites for hydroxylation is 1. The van der Waals surface area contributed by atoms with Gasteiger partial charge in [-0.15, -0.1) is 0 Å². The van der Waals surface area contributed by atoms with E-state index in [1.165, 1.54) is 6.42 Å². The van der Waals surface area contributed by atoms with Gasteiger partial charge in [-0.05, 0) is 63.6 Å². The molecule has 2 amide bonds. The van der Waals surface area contributed by atoms with Gasteiger partial charge in [0.2, 0.25) is 5.91 Å². The maximum atomic E-state index is 13.4. The number of rotatable bonds is 3. The molecular formula is C27H35N3O4. The normalized spacial score (nSPS) is 21.0. The van der Waals surface area contributed by atoms with Crippen LogP contribution >= 0.6 is 0 Å². The maximum Gasteiger partial charge on any atom is 0.255 e. The molecule has 34 heavy (non-hydrogen) atoms. The monoisotopic (exact) mass is 465 g/mol. The zero-order valence-electron chi connectivity index (χ0n) is 20.5. The van der Waals surface area contributed by atoms with Crippen molar-refractivity contribution >= 4 is 11.8 Å². The smallest absolute Gasteiger partial charge is 0.255 e. The molecule has 0 N–H and O–H groups in total. The molecule has 7 heteroatoms. The Morgan fingerprint density at radius 3 is 2.38 bits per heavy atom. The van der Waals surface area contributed by atoms with E-state index in [1.54, 1.807) is 0 Å². The fourth-order valence-electron chi connectivity index (χ4n) is 5.70. The second-order valence-corrected chi connectivity index (χ2v) is 10.0. The van der Waals surface area contributed by atoms with Crippen molar-refractivity contribution in [1.29, 1.82) is 0 Å². The topological polar surface area (TPSA) is 64.0 Å². The summed E-state index contributed by atoms with van der Waals surface area (Å²) in [5, 5.41) is 0. The number of amides is 2. The number of likely N-dealkylation sites (tertiary alicyclic amines) is 2. The lowest BCUT2D eigenvalue weighted by molar-refractivity contribution is -0.138. The van der Waals surface area contributed by atoms with Crippen molar-refractivity contribution in [3.05, 3.63) is 41.2 Å². The molecule has 4 heterocycles. The van der Waals surface area contributed by atoms with Crippen LogP contribution in [0.4, 0.5) is 0 Å². The molecule has 182 valence electrons. The SMILES string of the molecule is Cc1cc(C(=O)N2CCC(C(=O)N3CCCC(C)C3)CC2)c(C)n1-c1ccc2c(c1)OCCO2. The maximum absolute atomic E-state index is 13.4. The van der Waals surface area contributed by atoms with E-state index in [-0.39, 0.29) is 17.7 Å². The van der Waals surface area contributed by atoms with Crippen molar-refractivity contribution in [2.45, 2.75) is 46.5 Å². The molecule has 3 aliphatic rings. The lowest BCUT2D eigenvalue weighted by Crippen LogP contribution is -2.47. The number of piperidine rings is 2. The molecule has 2 fully saturated rings. The van der Waals surface area contributed by atoms with Crippen LogP contribution in [0.1, 0.15) is 54.4 Å². The van der Waals surface area contributed by atoms with Crippen molar-refractivity contribution in [3.8, 4) is 17.2 Å². The average molecular weight is 466 g/mol. The summed E-state index contributed by atoms with van der Waals surface area (Å²) in [6, 6.07) is 7.87. The molecule has 1 atom stereocenters. The molecule has 0 saturated carbocycles. The molecule has 0 radical (unpaired) electrons. The van der Waals surface area contributed by atoms with Gasteiger partial charge < -0.3 is 23.8 Å². The fraction of sp³-hybridized carbons (Fsp3) is 0.556. The number of aromatic nitrogens is 1. The summed E-state index contributed by atoms with van der Waals surface area (Å²) in [6.45, 7) is 10.4. The van der Waals surface area contributed by atoms with E-state index in [9.17, 15) is 9.59 Å². The molecule has 0 aliphatic carbocycles. The minimum atomic E-state index is 0.0412. The van der Waals surface area contributed by atoms with Gasteiger partial charge in [-0.2, -0.15) is 0 Å². The Balaban J connectivity index is 1.27. The third kappa shape index (κ3) is 4.28. The van der Waals surface area contributed by atoms with Crippen LogP contribution in [0.3, 0.4) is 0 Å². The van der Waals surface area contributed by atoms with Crippen LogP contribution in [0, 0.1) is 25.7 Å². The molecule has 1 unspecified atom stereocenters. The first-order valence-electron chi connectivity index (χ1n) is 12.6. The summed E-state index contributed by atoms with van der Waals surface area (Å²) in [5.41, 5.74) is 3.60. The average Bonchev–Trinajstić information content (AvgIpc) is 3.16. The first kappa shape index (κ1) is 22.8. The van der Waals surface area contributed by atoms with Crippen LogP contribution in [0.2, 0.25) is 0 Å². The third-order valence-electron chi connectivity index (χ3n) is 7.55. The Bertz CT molecular complexity index is 1080. The number of hydrogen-bond donors (Lipinski definition) is 0. The fourth-order valence-corrected chi connectivity index (χ4v) is 5.70. The van der Waals surface area contributed by atoms with Crippen molar-refractivity contribution in [1.82, 2.24) is 14.4 Å². The van der Waals surface area contributed by atoms with E-state index in [0.29, 0.717) is 32.2 Å². The number of ether oxygens (including phenoxy) is 2. The minimum Gasteiger partial charge on any atom is -0.486 e. The second-order valence-electron chi connectivity index (χ2n) is 10.0. The lowest BCUT2D eigenvalue weighted by Gasteiger charge is -2.37. The van der Waals surface area contributed by atoms with Gasteiger partial charge in [-0.25, -0.2) is 0 Å². The highest BCUT2D eigenvalue weighted by atomic mass is 16.6. The van der Waals surface area contributed by atoms with Crippen molar-refractivity contribution in [2.24, 2.45) is 11.8 Å². The molecule has 0 bridgehead atoms. The van der Waals surface area contributed by atoms with Gasteiger partial charge in [0.15, 0.2) is 11.5 Å². The highest BCUT2D eigenvalue weighted by Crippen LogP contribution is 2.34. The van der Waals surface area contributed by atoms with E-state index in [1.807, 2.05) is 43.0 Å². The van der Waals surface area contributed by atoms with E-state index in [2.05, 4.69) is 16.4 Å². The number of fused-ring (bicyclic) bond motifs is 1. The molecule has 1 aromatic heterocycles. The zero-order valence-corrected chi connectivity index (χ0v) is 20.5. The first-order chi connectivity index (χ1) is 16.4. The van der Waals surface area contributed by atoms with Crippen LogP contribution < -0.4 is 9.47 Å². The van der Waals surface area contributed by atoms with Gasteiger partial charge in [0.05, 0.1) is 5.56 Å². The van der Waals surface area contributed by atoms with Crippen LogP contribution in [0.5, 0.6) is 11.5 Å². The van der Waals surface area contributed by atoms with Gasteiger partial charge in [0.25, 0.3) is 5.91 Å². The Morgan fingerprint density at radius 1 is 0.912 bits per heavy atom. The van der Waals surface area contributed by atoms with E-state index in [0.717, 1.165) is 66.5 Å². The first-order valence-corrected chi connectivity index (χ1v) is 12.6. The van der Waals surface area contributed by atoms with Crippen LogP contribution in [-0.2, 0) is 4.79 Å². The molecule has 2 aromatic rings. The lowest BCUT2D eigenvalue weighted by atomic mass is 9.92. The summed E-state index contributed by atoms with van der Waals surface area (Å²) in [5.74, 6) is 2.46. The molecule has 2 saturated heterocycles. The molecule has 5 rings (SSSR count). The standard InChI is InChI=1S/C27H35N3O4/c1-18-5-4-10-29(17-18)26(31)21-8-11-28(12-9-21)27(32)23-15-19(2)30(20(23)3)22-6-7-24-25(16-22)34-14-13-33-24/h6-7,15-16,18,21H,4-5,8-14,17H2,1-3H3. The Hall–Kier alpha value is -2.96. The zero-order chi connectivity index (χ0) is 23.8. The Morgan fingerprint density at radius 2 is 1.65 bits per heavy atom. The van der Waals surface area contributed by atoms with Gasteiger partial charge in [0.1, 0.15) is 13.2 Å². The number of benzene rings is 1. The highest BCUT2D eigenvalue weighted by molar-refractivity contribution is 5.96. The van der Waals surface area contributed by atoms with Crippen molar-refractivity contribution in [2.75, 3.05) is 39.4 Å². The quantitative estimate of drug-likeness (QED) is 0.688. The van der Waals surface area contributed by atoms with Crippen LogP contribution in [-0.4, -0.2) is 65.6 Å². The molecule has 3 aliphatic heterocycles. The van der Waals surface area contributed by atoms with Gasteiger partial charge in [-0.1, -0.05) is 6.92 Å². The summed E-state index contributed by atoms with van der Waals surface area (Å²) < 4.78 is 13.5. The summed E-state index contributed by atoms with van der Waals surface area (Å²) in [7, 11) is 0. The van der Waals surface area contributed by atoms with E-state index < -0.39 is 0 Å². The number of carbonyl (C=O) groups excluding carboxylic acids is 2. The van der Waals surface area contributed by atoms with Gasteiger partial charge in [0, 0.05) is 55.2 Å². The van der Waals surface area contributed by atoms with Gasteiger partial charge in [-0.3, -0.25) is 9.59 Å². The molecular weight excluding hydrogens is 430 g/mol. The van der Waals surface area contributed by atoms with Crippen molar-refractivity contribution < 1.29 is 19.1 Å². The molecule has 0 spiro atoms. The number of carbonyl (C=O) groups is 2. The summed E-state index contributed by atoms with van der Waals surface area (Å²) in [6.07, 6.45) is 3.80. The minimum absolute atomic E-state index is 0.0412. The van der Waals surface area contributed by atoms with E-state index in [4.69, 9.17) is 9.47 Å². The molecule has 1 aromatic carbocycles. The summed E-state index contributed by atoms with van der Waals surface area (Å²) in [4.78, 5) is 30.4. The van der Waals surface area contributed by atoms with Crippen molar-refractivity contribution in [3.63, 3.8) is 0 Å². The Labute approximate surface area is 201 Å². The predicted octanol–water partition coefficient (Wildman–Crippen LogP) is 3.98. The number of nitrogens with zero attached hydrogens (tertiary/aromatic N) is 3. The predicted molar refractivity (Wildman–Crippen MR) is 130 cm³/mol.